The summed E-state index contributed by atoms with van der Waals surface area (Å²) < 4.78 is 13.3. The Kier molecular flexibility index (Phi) is 8.13. The average Bonchev–Trinajstić information content (AvgIpc) is 2.40. The second kappa shape index (κ2) is 9.66. The highest BCUT2D eigenvalue weighted by Gasteiger charge is 2.04. The van der Waals surface area contributed by atoms with E-state index in [-0.39, 0.29) is 17.5 Å². The van der Waals surface area contributed by atoms with Crippen molar-refractivity contribution in [3.05, 3.63) is 30.1 Å². The van der Waals surface area contributed by atoms with Gasteiger partial charge in [0, 0.05) is 29.4 Å². The van der Waals surface area contributed by atoms with Gasteiger partial charge in [0.15, 0.2) is 0 Å². The van der Waals surface area contributed by atoms with Crippen molar-refractivity contribution in [2.24, 2.45) is 0 Å². The topological polar surface area (TPSA) is 66.4 Å². The van der Waals surface area contributed by atoms with Gasteiger partial charge in [-0.1, -0.05) is 12.1 Å². The molecule has 0 radical (unpaired) electrons. The maximum Gasteiger partial charge on any atom is 0.313 e. The molecule has 1 rings (SSSR count). The molecule has 0 aliphatic rings. The summed E-state index contributed by atoms with van der Waals surface area (Å²) in [6.45, 7) is 0.446. The molecule has 0 aromatic heterocycles. The molecule has 0 atom stereocenters. The minimum atomic E-state index is -0.859. The summed E-state index contributed by atoms with van der Waals surface area (Å²) in [5.41, 5.74) is 0. The maximum atomic E-state index is 13.3. The van der Waals surface area contributed by atoms with Crippen LogP contribution in [-0.4, -0.2) is 40.8 Å². The van der Waals surface area contributed by atoms with E-state index in [0.29, 0.717) is 29.4 Å². The molecule has 0 saturated carbocycles. The molecular formula is C13H16FNO3S2. The van der Waals surface area contributed by atoms with Crippen molar-refractivity contribution < 1.29 is 19.1 Å². The molecule has 1 aromatic rings. The number of halogens is 1. The summed E-state index contributed by atoms with van der Waals surface area (Å²) in [5, 5.41) is 11.1. The molecule has 4 nitrogen and oxygen atoms in total. The number of carboxylic acids is 1. The fraction of sp³-hybridized carbons (Fsp3) is 0.385. The third-order valence-corrected chi connectivity index (χ3v) is 4.21. The van der Waals surface area contributed by atoms with Crippen molar-refractivity contribution in [3.63, 3.8) is 0 Å². The number of amides is 1. The zero-order valence-electron chi connectivity index (χ0n) is 10.8. The Morgan fingerprint density at radius 3 is 2.70 bits per heavy atom. The van der Waals surface area contributed by atoms with Gasteiger partial charge in [0.2, 0.25) is 5.91 Å². The van der Waals surface area contributed by atoms with Crippen LogP contribution in [0.3, 0.4) is 0 Å². The van der Waals surface area contributed by atoms with Crippen LogP contribution >= 0.6 is 23.5 Å². The Bertz CT molecular complexity index is 457. The number of hydrogen-bond acceptors (Lipinski definition) is 4. The minimum Gasteiger partial charge on any atom is -0.481 e. The Hall–Kier alpha value is -1.21. The van der Waals surface area contributed by atoms with E-state index in [9.17, 15) is 14.0 Å². The summed E-state index contributed by atoms with van der Waals surface area (Å²) >= 11 is 2.56. The monoisotopic (exact) mass is 317 g/mol. The van der Waals surface area contributed by atoms with Gasteiger partial charge in [-0.25, -0.2) is 4.39 Å². The molecule has 0 bridgehead atoms. The van der Waals surface area contributed by atoms with Gasteiger partial charge >= 0.3 is 5.97 Å². The molecule has 0 fully saturated rings. The molecule has 110 valence electrons. The molecule has 7 heteroatoms. The van der Waals surface area contributed by atoms with E-state index < -0.39 is 5.97 Å². The lowest BCUT2D eigenvalue weighted by atomic mass is 10.3. The van der Waals surface area contributed by atoms with Crippen LogP contribution in [0.25, 0.3) is 0 Å². The summed E-state index contributed by atoms with van der Waals surface area (Å²) in [5.74, 6) is -0.123. The van der Waals surface area contributed by atoms with Crippen LogP contribution < -0.4 is 5.32 Å². The molecule has 2 N–H and O–H groups in total. The summed E-state index contributed by atoms with van der Waals surface area (Å²) in [4.78, 5) is 22.3. The molecule has 0 saturated heterocycles. The van der Waals surface area contributed by atoms with Crippen molar-refractivity contribution >= 4 is 35.4 Å². The third kappa shape index (κ3) is 7.40. The van der Waals surface area contributed by atoms with Gasteiger partial charge in [0.05, 0.1) is 5.75 Å². The number of carbonyl (C=O) groups is 2. The largest absolute Gasteiger partial charge is 0.481 e. The molecule has 0 unspecified atom stereocenters. The van der Waals surface area contributed by atoms with Crippen molar-refractivity contribution in [2.45, 2.75) is 11.3 Å². The van der Waals surface area contributed by atoms with Crippen LogP contribution in [0, 0.1) is 5.82 Å². The molecule has 0 aliphatic heterocycles. The van der Waals surface area contributed by atoms with E-state index in [1.807, 2.05) is 0 Å². The number of thioether (sulfide) groups is 2. The second-order valence-corrected chi connectivity index (χ2v) is 6.07. The highest BCUT2D eigenvalue weighted by Crippen LogP contribution is 2.21. The van der Waals surface area contributed by atoms with Gasteiger partial charge in [0.1, 0.15) is 5.82 Å². The Morgan fingerprint density at radius 1 is 1.25 bits per heavy atom. The Morgan fingerprint density at radius 2 is 2.00 bits per heavy atom. The fourth-order valence-electron chi connectivity index (χ4n) is 1.33. The van der Waals surface area contributed by atoms with E-state index in [2.05, 4.69) is 5.32 Å². The van der Waals surface area contributed by atoms with E-state index >= 15 is 0 Å². The third-order valence-electron chi connectivity index (χ3n) is 2.22. The summed E-state index contributed by atoms with van der Waals surface area (Å²) in [6, 6.07) is 6.45. The number of carbonyl (C=O) groups excluding carboxylic acids is 1. The van der Waals surface area contributed by atoms with Gasteiger partial charge in [-0.15, -0.1) is 23.5 Å². The molecule has 0 aliphatic carbocycles. The van der Waals surface area contributed by atoms with Crippen molar-refractivity contribution in [2.75, 3.05) is 23.8 Å². The lowest BCUT2D eigenvalue weighted by Crippen LogP contribution is -2.26. The fourth-order valence-corrected chi connectivity index (χ4v) is 2.78. The highest BCUT2D eigenvalue weighted by molar-refractivity contribution is 8.00. The maximum absolute atomic E-state index is 13.3. The molecular weight excluding hydrogens is 301 g/mol. The number of hydrogen-bond donors (Lipinski definition) is 2. The normalized spacial score (nSPS) is 10.2. The van der Waals surface area contributed by atoms with E-state index in [4.69, 9.17) is 5.11 Å². The van der Waals surface area contributed by atoms with Crippen LogP contribution in [-0.2, 0) is 9.59 Å². The molecule has 0 spiro atoms. The van der Waals surface area contributed by atoms with Crippen LogP contribution in [0.2, 0.25) is 0 Å². The predicted molar refractivity (Wildman–Crippen MR) is 79.7 cm³/mol. The van der Waals surface area contributed by atoms with Gasteiger partial charge < -0.3 is 10.4 Å². The van der Waals surface area contributed by atoms with Gasteiger partial charge in [0.25, 0.3) is 0 Å². The quantitative estimate of drug-likeness (QED) is 0.540. The molecule has 1 amide bonds. The van der Waals surface area contributed by atoms with Crippen LogP contribution in [0.5, 0.6) is 0 Å². The Balaban J connectivity index is 2.09. The molecule has 1 aromatic carbocycles. The minimum absolute atomic E-state index is 0.0407. The number of rotatable bonds is 9. The number of aliphatic carboxylic acids is 1. The first-order chi connectivity index (χ1) is 9.59. The van der Waals surface area contributed by atoms with E-state index in [0.717, 1.165) is 0 Å². The zero-order valence-corrected chi connectivity index (χ0v) is 12.4. The van der Waals surface area contributed by atoms with Gasteiger partial charge in [-0.3, -0.25) is 9.59 Å². The van der Waals surface area contributed by atoms with Crippen molar-refractivity contribution in [1.29, 1.82) is 0 Å². The molecule has 0 heterocycles. The SMILES string of the molecule is O=C(O)CSCCNC(=O)CCSc1ccccc1F. The van der Waals surface area contributed by atoms with Crippen LogP contribution in [0.1, 0.15) is 6.42 Å². The first-order valence-corrected chi connectivity index (χ1v) is 8.17. The van der Waals surface area contributed by atoms with Crippen molar-refractivity contribution in [1.82, 2.24) is 5.32 Å². The summed E-state index contributed by atoms with van der Waals surface area (Å²) in [7, 11) is 0. The van der Waals surface area contributed by atoms with Crippen LogP contribution in [0.15, 0.2) is 29.2 Å². The number of benzene rings is 1. The first-order valence-electron chi connectivity index (χ1n) is 6.03. The van der Waals surface area contributed by atoms with E-state index in [1.165, 1.54) is 29.6 Å². The standard InChI is InChI=1S/C13H16FNO3S2/c14-10-3-1-2-4-11(10)20-7-5-12(16)15-6-8-19-9-13(17)18/h1-4H,5-9H2,(H,15,16)(H,17,18). The molecule has 20 heavy (non-hydrogen) atoms. The lowest BCUT2D eigenvalue weighted by molar-refractivity contribution is -0.133. The summed E-state index contributed by atoms with van der Waals surface area (Å²) in [6.07, 6.45) is 0.308. The van der Waals surface area contributed by atoms with Gasteiger partial charge in [-0.2, -0.15) is 0 Å². The lowest BCUT2D eigenvalue weighted by Gasteiger charge is -2.05. The average molecular weight is 317 g/mol. The highest BCUT2D eigenvalue weighted by atomic mass is 32.2. The second-order valence-electron chi connectivity index (χ2n) is 3.83. The first kappa shape index (κ1) is 16.8. The predicted octanol–water partition coefficient (Wildman–Crippen LogP) is 2.24. The number of carboxylic acid groups (broad SMARTS) is 1. The zero-order chi connectivity index (χ0) is 14.8. The van der Waals surface area contributed by atoms with E-state index in [1.54, 1.807) is 18.2 Å². The van der Waals surface area contributed by atoms with Crippen molar-refractivity contribution in [3.8, 4) is 0 Å². The number of nitrogens with one attached hydrogen (secondary N) is 1. The smallest absolute Gasteiger partial charge is 0.313 e. The van der Waals surface area contributed by atoms with Gasteiger partial charge in [-0.05, 0) is 12.1 Å². The van der Waals surface area contributed by atoms with Crippen LogP contribution in [0.4, 0.5) is 4.39 Å². The Labute approximate surface area is 125 Å².